The summed E-state index contributed by atoms with van der Waals surface area (Å²) >= 11 is 5.75. The van der Waals surface area contributed by atoms with Crippen LogP contribution in [-0.2, 0) is 4.74 Å². The van der Waals surface area contributed by atoms with E-state index < -0.39 is 11.6 Å². The van der Waals surface area contributed by atoms with Gasteiger partial charge in [0.2, 0.25) is 0 Å². The number of hydrogen-bond acceptors (Lipinski definition) is 2. The smallest absolute Gasteiger partial charge is 0.170 e. The molecule has 2 unspecified atom stereocenters. The molecule has 0 N–H and O–H groups in total. The van der Waals surface area contributed by atoms with Gasteiger partial charge in [0, 0.05) is 12.2 Å². The largest absolute Gasteiger partial charge is 0.378 e. The molecule has 1 saturated heterocycles. The minimum atomic E-state index is -1.07. The summed E-state index contributed by atoms with van der Waals surface area (Å²) < 4.78 is 31.2. The topological polar surface area (TPSA) is 26.3 Å². The van der Waals surface area contributed by atoms with Gasteiger partial charge in [-0.25, -0.2) is 8.78 Å². The van der Waals surface area contributed by atoms with Gasteiger partial charge in [0.15, 0.2) is 17.4 Å². The molecule has 2 rings (SSSR count). The number of hydrogen-bond donors (Lipinski definition) is 0. The highest BCUT2D eigenvalue weighted by Gasteiger charge is 2.32. The molecular formula is C12H11ClF2O2. The predicted octanol–water partition coefficient (Wildman–Crippen LogP) is 3.23. The van der Waals surface area contributed by atoms with E-state index in [1.807, 2.05) is 0 Å². The van der Waals surface area contributed by atoms with Crippen molar-refractivity contribution < 1.29 is 18.3 Å². The molecule has 0 saturated carbocycles. The van der Waals surface area contributed by atoms with Crippen LogP contribution in [0.15, 0.2) is 12.1 Å². The Labute approximate surface area is 103 Å². The zero-order valence-electron chi connectivity index (χ0n) is 9.17. The number of carbonyl (C=O) groups excluding carboxylic acids is 1. The van der Waals surface area contributed by atoms with Gasteiger partial charge in [-0.15, -0.1) is 0 Å². The maximum absolute atomic E-state index is 13.1. The van der Waals surface area contributed by atoms with E-state index in [1.165, 1.54) is 0 Å². The first-order chi connectivity index (χ1) is 8.00. The Morgan fingerprint density at radius 2 is 2.06 bits per heavy atom. The first kappa shape index (κ1) is 12.5. The summed E-state index contributed by atoms with van der Waals surface area (Å²) in [6, 6.07) is 1.68. The van der Waals surface area contributed by atoms with E-state index in [1.54, 1.807) is 6.92 Å². The Bertz CT molecular complexity index is 462. The summed E-state index contributed by atoms with van der Waals surface area (Å²) in [5, 5.41) is -0.0620. The molecule has 0 amide bonds. The number of benzene rings is 1. The van der Waals surface area contributed by atoms with E-state index >= 15 is 0 Å². The Morgan fingerprint density at radius 1 is 1.41 bits per heavy atom. The van der Waals surface area contributed by atoms with Crippen LogP contribution in [0.25, 0.3) is 0 Å². The Kier molecular flexibility index (Phi) is 3.45. The van der Waals surface area contributed by atoms with Crippen molar-refractivity contribution >= 4 is 17.4 Å². The third-order valence-corrected chi connectivity index (χ3v) is 3.30. The molecule has 17 heavy (non-hydrogen) atoms. The number of halogens is 3. The van der Waals surface area contributed by atoms with Crippen LogP contribution in [0.3, 0.4) is 0 Å². The molecule has 0 spiro atoms. The van der Waals surface area contributed by atoms with Crippen molar-refractivity contribution in [2.24, 2.45) is 5.92 Å². The van der Waals surface area contributed by atoms with Crippen LogP contribution >= 0.6 is 11.6 Å². The van der Waals surface area contributed by atoms with Gasteiger partial charge in [-0.3, -0.25) is 4.79 Å². The van der Waals surface area contributed by atoms with Crippen LogP contribution in [0.2, 0.25) is 5.02 Å². The van der Waals surface area contributed by atoms with Gasteiger partial charge >= 0.3 is 0 Å². The molecule has 1 fully saturated rings. The highest BCUT2D eigenvalue weighted by Crippen LogP contribution is 2.29. The van der Waals surface area contributed by atoms with Crippen LogP contribution in [0, 0.1) is 17.6 Å². The Hall–Kier alpha value is -1.00. The summed E-state index contributed by atoms with van der Waals surface area (Å²) in [6.07, 6.45) is 0.363. The molecular weight excluding hydrogens is 250 g/mol. The molecule has 1 aliphatic heterocycles. The lowest BCUT2D eigenvalue weighted by molar-refractivity contribution is 0.0764. The standard InChI is InChI=1S/C12H11ClF2O2/c1-6-7(2-3-17-6)12(16)8-4-10(14)11(15)5-9(8)13/h4-7H,2-3H2,1H3. The second-order valence-electron chi connectivity index (χ2n) is 4.08. The average molecular weight is 261 g/mol. The fourth-order valence-corrected chi connectivity index (χ4v) is 2.23. The van der Waals surface area contributed by atoms with Crippen LogP contribution in [-0.4, -0.2) is 18.5 Å². The van der Waals surface area contributed by atoms with Crippen LogP contribution in [0.5, 0.6) is 0 Å². The lowest BCUT2D eigenvalue weighted by Crippen LogP contribution is -2.22. The quantitative estimate of drug-likeness (QED) is 0.603. The highest BCUT2D eigenvalue weighted by molar-refractivity contribution is 6.34. The molecule has 0 bridgehead atoms. The van der Waals surface area contributed by atoms with Gasteiger partial charge in [0.25, 0.3) is 0 Å². The number of Topliss-reactive ketones (excluding diaryl/α,β-unsaturated/α-hetero) is 1. The summed E-state index contributed by atoms with van der Waals surface area (Å²) in [5.41, 5.74) is 0.0212. The number of ether oxygens (including phenoxy) is 1. The molecule has 1 aromatic rings. The molecule has 2 nitrogen and oxygen atoms in total. The molecule has 0 radical (unpaired) electrons. The first-order valence-electron chi connectivity index (χ1n) is 5.31. The lowest BCUT2D eigenvalue weighted by Gasteiger charge is -2.13. The number of rotatable bonds is 2. The zero-order valence-corrected chi connectivity index (χ0v) is 9.93. The van der Waals surface area contributed by atoms with E-state index in [0.717, 1.165) is 12.1 Å². The van der Waals surface area contributed by atoms with Crippen molar-refractivity contribution in [2.45, 2.75) is 19.4 Å². The fraction of sp³-hybridized carbons (Fsp3) is 0.417. The third kappa shape index (κ3) is 2.33. The van der Waals surface area contributed by atoms with E-state index in [0.29, 0.717) is 13.0 Å². The van der Waals surface area contributed by atoms with Gasteiger partial charge in [-0.05, 0) is 25.5 Å². The molecule has 92 valence electrons. The summed E-state index contributed by atoms with van der Waals surface area (Å²) in [5.74, 6) is -2.75. The summed E-state index contributed by atoms with van der Waals surface area (Å²) in [7, 11) is 0. The van der Waals surface area contributed by atoms with E-state index in [2.05, 4.69) is 0 Å². The van der Waals surface area contributed by atoms with Crippen LogP contribution in [0.1, 0.15) is 23.7 Å². The number of ketones is 1. The normalized spacial score (nSPS) is 24.0. The van der Waals surface area contributed by atoms with Crippen LogP contribution in [0.4, 0.5) is 8.78 Å². The maximum Gasteiger partial charge on any atom is 0.170 e. The Morgan fingerprint density at radius 3 is 2.65 bits per heavy atom. The van der Waals surface area contributed by atoms with Crippen molar-refractivity contribution in [2.75, 3.05) is 6.61 Å². The minimum Gasteiger partial charge on any atom is -0.378 e. The lowest BCUT2D eigenvalue weighted by atomic mass is 9.92. The summed E-state index contributed by atoms with van der Waals surface area (Å²) in [6.45, 7) is 2.28. The average Bonchev–Trinajstić information content (AvgIpc) is 2.69. The second kappa shape index (κ2) is 4.70. The summed E-state index contributed by atoms with van der Waals surface area (Å²) in [4.78, 5) is 12.1. The van der Waals surface area contributed by atoms with Gasteiger partial charge in [0.05, 0.1) is 17.0 Å². The van der Waals surface area contributed by atoms with Crippen molar-refractivity contribution in [3.8, 4) is 0 Å². The Balaban J connectivity index is 2.34. The molecule has 5 heteroatoms. The highest BCUT2D eigenvalue weighted by atomic mass is 35.5. The first-order valence-corrected chi connectivity index (χ1v) is 5.69. The van der Waals surface area contributed by atoms with Crippen molar-refractivity contribution in [3.63, 3.8) is 0 Å². The van der Waals surface area contributed by atoms with Gasteiger partial charge in [0.1, 0.15) is 0 Å². The monoisotopic (exact) mass is 260 g/mol. The molecule has 0 aliphatic carbocycles. The molecule has 0 aromatic heterocycles. The van der Waals surface area contributed by atoms with Gasteiger partial charge < -0.3 is 4.74 Å². The van der Waals surface area contributed by atoms with E-state index in [9.17, 15) is 13.6 Å². The van der Waals surface area contributed by atoms with Crippen molar-refractivity contribution in [1.29, 1.82) is 0 Å². The zero-order chi connectivity index (χ0) is 12.6. The molecule has 1 aliphatic rings. The molecule has 1 heterocycles. The van der Waals surface area contributed by atoms with Gasteiger partial charge in [-0.2, -0.15) is 0 Å². The minimum absolute atomic E-state index is 0.0212. The number of carbonyl (C=O) groups is 1. The van der Waals surface area contributed by atoms with Crippen LogP contribution < -0.4 is 0 Å². The van der Waals surface area contributed by atoms with E-state index in [-0.39, 0.29) is 28.4 Å². The SMILES string of the molecule is CC1OCCC1C(=O)c1cc(F)c(F)cc1Cl. The van der Waals surface area contributed by atoms with Crippen molar-refractivity contribution in [1.82, 2.24) is 0 Å². The fourth-order valence-electron chi connectivity index (χ4n) is 1.99. The predicted molar refractivity (Wildman–Crippen MR) is 59.2 cm³/mol. The van der Waals surface area contributed by atoms with Gasteiger partial charge in [-0.1, -0.05) is 11.6 Å². The van der Waals surface area contributed by atoms with E-state index in [4.69, 9.17) is 16.3 Å². The third-order valence-electron chi connectivity index (χ3n) is 2.99. The maximum atomic E-state index is 13.1. The van der Waals surface area contributed by atoms with Crippen molar-refractivity contribution in [3.05, 3.63) is 34.4 Å². The molecule has 1 aromatic carbocycles. The second-order valence-corrected chi connectivity index (χ2v) is 4.49. The molecule has 2 atom stereocenters.